The quantitative estimate of drug-likeness (QED) is 0.266. The number of para-hydroxylation sites is 1. The van der Waals surface area contributed by atoms with E-state index in [-0.39, 0.29) is 16.9 Å². The highest BCUT2D eigenvalue weighted by Gasteiger charge is 2.22. The molecule has 0 N–H and O–H groups in total. The van der Waals surface area contributed by atoms with Crippen LogP contribution in [-0.4, -0.2) is 25.8 Å². The van der Waals surface area contributed by atoms with Gasteiger partial charge >= 0.3 is 0 Å². The Bertz CT molecular complexity index is 1170. The van der Waals surface area contributed by atoms with Gasteiger partial charge in [0, 0.05) is 16.8 Å². The first-order valence-corrected chi connectivity index (χ1v) is 11.0. The first kappa shape index (κ1) is 21.0. The lowest BCUT2D eigenvalue weighted by Crippen LogP contribution is -2.14. The number of thioether (sulfide) groups is 1. The molecule has 156 valence electrons. The van der Waals surface area contributed by atoms with E-state index in [1.54, 1.807) is 12.1 Å². The van der Waals surface area contributed by atoms with Crippen molar-refractivity contribution in [2.75, 3.05) is 0 Å². The van der Waals surface area contributed by atoms with Crippen molar-refractivity contribution in [2.24, 2.45) is 0 Å². The highest BCUT2D eigenvalue weighted by atomic mass is 32.2. The third kappa shape index (κ3) is 4.59. The molecule has 4 aromatic rings. The summed E-state index contributed by atoms with van der Waals surface area (Å²) in [5, 5.41) is 8.98. The summed E-state index contributed by atoms with van der Waals surface area (Å²) < 4.78 is 15.3. The normalized spacial score (nSPS) is 12.0. The Kier molecular flexibility index (Phi) is 6.28. The summed E-state index contributed by atoms with van der Waals surface area (Å²) in [5.74, 6) is 0.330. The van der Waals surface area contributed by atoms with Crippen LogP contribution in [-0.2, 0) is 6.42 Å². The van der Waals surface area contributed by atoms with Crippen LogP contribution in [0.25, 0.3) is 17.1 Å². The van der Waals surface area contributed by atoms with Gasteiger partial charge in [-0.1, -0.05) is 61.2 Å². The fraction of sp³-hybridized carbons (Fsp3) is 0.160. The van der Waals surface area contributed by atoms with Crippen molar-refractivity contribution in [3.63, 3.8) is 0 Å². The minimum Gasteiger partial charge on any atom is -0.293 e. The number of nitrogens with zero attached hydrogens (tertiary/aromatic N) is 3. The monoisotopic (exact) mass is 431 g/mol. The van der Waals surface area contributed by atoms with E-state index in [1.807, 2.05) is 66.1 Å². The second kappa shape index (κ2) is 9.27. The molecule has 1 unspecified atom stereocenters. The van der Waals surface area contributed by atoms with Gasteiger partial charge in [0.2, 0.25) is 0 Å². The Hall–Kier alpha value is -3.25. The number of carbonyl (C=O) groups is 1. The topological polar surface area (TPSA) is 47.8 Å². The largest absolute Gasteiger partial charge is 0.293 e. The summed E-state index contributed by atoms with van der Waals surface area (Å²) >= 11 is 1.36. The number of benzene rings is 3. The molecule has 0 aliphatic rings. The molecule has 0 radical (unpaired) electrons. The number of hydrogen-bond donors (Lipinski definition) is 0. The predicted molar refractivity (Wildman–Crippen MR) is 122 cm³/mol. The molecular weight excluding hydrogens is 409 g/mol. The molecule has 0 saturated carbocycles. The van der Waals surface area contributed by atoms with Crippen LogP contribution in [0.15, 0.2) is 84.0 Å². The van der Waals surface area contributed by atoms with E-state index in [1.165, 1.54) is 29.5 Å². The first-order valence-electron chi connectivity index (χ1n) is 10.1. The van der Waals surface area contributed by atoms with Gasteiger partial charge in [0.15, 0.2) is 16.8 Å². The number of aromatic nitrogens is 3. The minimum atomic E-state index is -0.347. The van der Waals surface area contributed by atoms with Crippen molar-refractivity contribution in [2.45, 2.75) is 30.7 Å². The molecular formula is C25H22FN3OS. The molecule has 0 aliphatic heterocycles. The average molecular weight is 432 g/mol. The molecule has 4 nitrogen and oxygen atoms in total. The predicted octanol–water partition coefficient (Wildman–Crippen LogP) is 6.00. The average Bonchev–Trinajstić information content (AvgIpc) is 3.23. The Morgan fingerprint density at radius 2 is 1.65 bits per heavy atom. The van der Waals surface area contributed by atoms with Crippen molar-refractivity contribution < 1.29 is 9.18 Å². The molecule has 3 aromatic carbocycles. The number of carbonyl (C=O) groups excluding carboxylic acids is 1. The lowest BCUT2D eigenvalue weighted by atomic mass is 10.1. The van der Waals surface area contributed by atoms with Crippen molar-refractivity contribution in [1.82, 2.24) is 14.8 Å². The number of ketones is 1. The maximum absolute atomic E-state index is 13.4. The molecule has 6 heteroatoms. The molecule has 0 amide bonds. The molecule has 1 heterocycles. The molecule has 0 spiro atoms. The van der Waals surface area contributed by atoms with Crippen LogP contribution < -0.4 is 0 Å². The zero-order valence-corrected chi connectivity index (χ0v) is 18.1. The Morgan fingerprint density at radius 3 is 2.29 bits per heavy atom. The molecule has 0 saturated heterocycles. The van der Waals surface area contributed by atoms with Crippen LogP contribution >= 0.6 is 11.8 Å². The van der Waals surface area contributed by atoms with E-state index >= 15 is 0 Å². The minimum absolute atomic E-state index is 0.0404. The van der Waals surface area contributed by atoms with E-state index in [0.29, 0.717) is 16.5 Å². The van der Waals surface area contributed by atoms with Crippen molar-refractivity contribution >= 4 is 17.5 Å². The summed E-state index contributed by atoms with van der Waals surface area (Å²) in [5.41, 5.74) is 3.51. The van der Waals surface area contributed by atoms with Gasteiger partial charge in [0.05, 0.1) is 5.25 Å². The second-order valence-electron chi connectivity index (χ2n) is 7.16. The highest BCUT2D eigenvalue weighted by molar-refractivity contribution is 8.00. The fourth-order valence-electron chi connectivity index (χ4n) is 3.29. The number of halogens is 1. The van der Waals surface area contributed by atoms with Crippen LogP contribution in [0.2, 0.25) is 0 Å². The molecule has 0 fully saturated rings. The van der Waals surface area contributed by atoms with Crippen LogP contribution in [0.3, 0.4) is 0 Å². The van der Waals surface area contributed by atoms with Gasteiger partial charge in [-0.15, -0.1) is 10.2 Å². The van der Waals surface area contributed by atoms with E-state index < -0.39 is 0 Å². The van der Waals surface area contributed by atoms with Crippen molar-refractivity contribution in [3.8, 4) is 17.1 Å². The third-order valence-corrected chi connectivity index (χ3v) is 6.09. The molecule has 0 aliphatic carbocycles. The van der Waals surface area contributed by atoms with Gasteiger partial charge < -0.3 is 0 Å². The van der Waals surface area contributed by atoms with Gasteiger partial charge in [0.25, 0.3) is 0 Å². The van der Waals surface area contributed by atoms with E-state index in [2.05, 4.69) is 17.1 Å². The fourth-order valence-corrected chi connectivity index (χ4v) is 4.24. The molecule has 1 aromatic heterocycles. The Balaban J connectivity index is 1.67. The maximum atomic E-state index is 13.4. The standard InChI is InChI=1S/C25H22FN3OS/c1-3-18-9-11-19(12-10-18)23(30)17(2)31-25-28-27-24(20-13-15-21(26)16-14-20)29(25)22-7-5-4-6-8-22/h4-17H,3H2,1-2H3. The first-order chi connectivity index (χ1) is 15.1. The van der Waals surface area contributed by atoms with E-state index in [4.69, 9.17) is 0 Å². The smallest absolute Gasteiger partial charge is 0.196 e. The third-order valence-electron chi connectivity index (χ3n) is 5.05. The Morgan fingerprint density at radius 1 is 0.968 bits per heavy atom. The SMILES string of the molecule is CCc1ccc(C(=O)C(C)Sc2nnc(-c3ccc(F)cc3)n2-c2ccccc2)cc1. The number of hydrogen-bond acceptors (Lipinski definition) is 4. The zero-order valence-electron chi connectivity index (χ0n) is 17.3. The summed E-state index contributed by atoms with van der Waals surface area (Å²) in [6.45, 7) is 3.97. The number of Topliss-reactive ketones (excluding diaryl/α,β-unsaturated/α-hetero) is 1. The number of rotatable bonds is 7. The van der Waals surface area contributed by atoms with Gasteiger partial charge in [0.1, 0.15) is 5.82 Å². The van der Waals surface area contributed by atoms with Gasteiger partial charge in [-0.05, 0) is 55.3 Å². The molecule has 0 bridgehead atoms. The van der Waals surface area contributed by atoms with E-state index in [0.717, 1.165) is 17.7 Å². The highest BCUT2D eigenvalue weighted by Crippen LogP contribution is 2.31. The number of aryl methyl sites for hydroxylation is 1. The lowest BCUT2D eigenvalue weighted by molar-refractivity contribution is 0.0994. The summed E-state index contributed by atoms with van der Waals surface area (Å²) in [6, 6.07) is 23.6. The molecule has 1 atom stereocenters. The van der Waals surface area contributed by atoms with Gasteiger partial charge in [-0.2, -0.15) is 0 Å². The molecule has 4 rings (SSSR count). The van der Waals surface area contributed by atoms with Gasteiger partial charge in [-0.25, -0.2) is 4.39 Å². The molecule has 31 heavy (non-hydrogen) atoms. The summed E-state index contributed by atoms with van der Waals surface area (Å²) in [7, 11) is 0. The second-order valence-corrected chi connectivity index (χ2v) is 8.47. The van der Waals surface area contributed by atoms with Gasteiger partial charge in [-0.3, -0.25) is 9.36 Å². The van der Waals surface area contributed by atoms with Crippen LogP contribution in [0.1, 0.15) is 29.8 Å². The lowest BCUT2D eigenvalue weighted by Gasteiger charge is -2.13. The van der Waals surface area contributed by atoms with Crippen molar-refractivity contribution in [1.29, 1.82) is 0 Å². The van der Waals surface area contributed by atoms with Crippen molar-refractivity contribution in [3.05, 3.63) is 95.8 Å². The summed E-state index contributed by atoms with van der Waals surface area (Å²) in [6.07, 6.45) is 0.936. The summed E-state index contributed by atoms with van der Waals surface area (Å²) in [4.78, 5) is 13.0. The van der Waals surface area contributed by atoms with E-state index in [9.17, 15) is 9.18 Å². The Labute approximate surface area is 185 Å². The maximum Gasteiger partial charge on any atom is 0.196 e. The van der Waals surface area contributed by atoms with Crippen LogP contribution in [0.5, 0.6) is 0 Å². The van der Waals surface area contributed by atoms with Crippen LogP contribution in [0, 0.1) is 5.82 Å². The zero-order chi connectivity index (χ0) is 21.8. The van der Waals surface area contributed by atoms with Crippen LogP contribution in [0.4, 0.5) is 4.39 Å².